The van der Waals surface area contributed by atoms with Crippen molar-refractivity contribution in [2.75, 3.05) is 19.6 Å². The molecule has 1 saturated heterocycles. The molecule has 5 nitrogen and oxygen atoms in total. The van der Waals surface area contributed by atoms with Gasteiger partial charge in [0.1, 0.15) is 0 Å². The Balaban J connectivity index is 1.67. The van der Waals surface area contributed by atoms with Gasteiger partial charge in [-0.1, -0.05) is 18.2 Å². The van der Waals surface area contributed by atoms with Crippen LogP contribution in [0.5, 0.6) is 0 Å². The molecule has 1 aromatic heterocycles. The van der Waals surface area contributed by atoms with Gasteiger partial charge in [0, 0.05) is 37.6 Å². The van der Waals surface area contributed by atoms with Gasteiger partial charge in [-0.25, -0.2) is 0 Å². The molecule has 1 fully saturated rings. The average Bonchev–Trinajstić information content (AvgIpc) is 2.60. The third-order valence-corrected chi connectivity index (χ3v) is 4.41. The van der Waals surface area contributed by atoms with E-state index in [1.54, 1.807) is 6.20 Å². The van der Waals surface area contributed by atoms with Crippen molar-refractivity contribution >= 4 is 22.7 Å². The van der Waals surface area contributed by atoms with Gasteiger partial charge < -0.3 is 10.2 Å². The minimum absolute atomic E-state index is 0.0320. The monoisotopic (exact) mass is 325 g/mol. The summed E-state index contributed by atoms with van der Waals surface area (Å²) in [6.45, 7) is 1.98. The van der Waals surface area contributed by atoms with Crippen LogP contribution in [0, 0.1) is 0 Å². The van der Waals surface area contributed by atoms with Gasteiger partial charge in [0.2, 0.25) is 11.8 Å². The van der Waals surface area contributed by atoms with Crippen LogP contribution < -0.4 is 5.32 Å². The first-order valence-electron chi connectivity index (χ1n) is 8.60. The van der Waals surface area contributed by atoms with Gasteiger partial charge in [0.05, 0.1) is 11.9 Å². The van der Waals surface area contributed by atoms with E-state index in [-0.39, 0.29) is 11.8 Å². The third-order valence-electron chi connectivity index (χ3n) is 4.41. The lowest BCUT2D eigenvalue weighted by molar-refractivity contribution is -0.131. The maximum absolute atomic E-state index is 12.6. The van der Waals surface area contributed by atoms with E-state index in [2.05, 4.69) is 10.3 Å². The Morgan fingerprint density at radius 1 is 1.17 bits per heavy atom. The second-order valence-corrected chi connectivity index (χ2v) is 6.25. The molecule has 0 bridgehead atoms. The molecule has 2 heterocycles. The largest absolute Gasteiger partial charge is 0.356 e. The number of rotatable bonds is 2. The van der Waals surface area contributed by atoms with Crippen molar-refractivity contribution in [2.24, 2.45) is 0 Å². The first-order chi connectivity index (χ1) is 11.7. The van der Waals surface area contributed by atoms with Gasteiger partial charge in [0.15, 0.2) is 0 Å². The van der Waals surface area contributed by atoms with E-state index >= 15 is 0 Å². The van der Waals surface area contributed by atoms with Gasteiger partial charge >= 0.3 is 0 Å². The summed E-state index contributed by atoms with van der Waals surface area (Å²) in [5, 5.41) is 3.97. The van der Waals surface area contributed by atoms with Gasteiger partial charge in [-0.15, -0.1) is 0 Å². The predicted octanol–water partition coefficient (Wildman–Crippen LogP) is 2.30. The summed E-state index contributed by atoms with van der Waals surface area (Å²) in [6, 6.07) is 9.87. The van der Waals surface area contributed by atoms with E-state index in [9.17, 15) is 9.59 Å². The smallest absolute Gasteiger partial charge is 0.227 e. The molecule has 3 rings (SSSR count). The number of hydrogen-bond acceptors (Lipinski definition) is 3. The molecule has 1 N–H and O–H groups in total. The zero-order chi connectivity index (χ0) is 16.8. The standard InChI is InChI=1S/C19H23N3O2/c23-18-8-12-22(11-3-1-2-9-21-18)19(24)14-15-6-7-16-5-4-10-20-17(16)13-15/h4-7,10,13H,1-3,8-9,11-12,14H2,(H,21,23). The van der Waals surface area contributed by atoms with Gasteiger partial charge in [-0.05, 0) is 37.0 Å². The van der Waals surface area contributed by atoms with Crippen molar-refractivity contribution in [1.82, 2.24) is 15.2 Å². The van der Waals surface area contributed by atoms with Crippen LogP contribution in [0.25, 0.3) is 10.9 Å². The summed E-state index contributed by atoms with van der Waals surface area (Å²) >= 11 is 0. The Morgan fingerprint density at radius 3 is 3.00 bits per heavy atom. The molecule has 5 heteroatoms. The normalized spacial score (nSPS) is 16.7. The first kappa shape index (κ1) is 16.4. The van der Waals surface area contributed by atoms with E-state index in [1.165, 1.54) is 0 Å². The van der Waals surface area contributed by atoms with Crippen LogP contribution in [0.15, 0.2) is 36.5 Å². The number of carbonyl (C=O) groups is 2. The highest BCUT2D eigenvalue weighted by atomic mass is 16.2. The van der Waals surface area contributed by atoms with Crippen LogP contribution >= 0.6 is 0 Å². The summed E-state index contributed by atoms with van der Waals surface area (Å²) in [5.74, 6) is 0.114. The molecule has 0 radical (unpaired) electrons. The van der Waals surface area contributed by atoms with Crippen LogP contribution in [0.4, 0.5) is 0 Å². The minimum Gasteiger partial charge on any atom is -0.356 e. The molecule has 126 valence electrons. The summed E-state index contributed by atoms with van der Waals surface area (Å²) in [6.07, 6.45) is 5.49. The lowest BCUT2D eigenvalue weighted by Crippen LogP contribution is -2.38. The first-order valence-corrected chi connectivity index (χ1v) is 8.60. The molecule has 0 spiro atoms. The summed E-state index contributed by atoms with van der Waals surface area (Å²) < 4.78 is 0. The fraction of sp³-hybridized carbons (Fsp3) is 0.421. The predicted molar refractivity (Wildman–Crippen MR) is 93.5 cm³/mol. The second-order valence-electron chi connectivity index (χ2n) is 6.25. The van der Waals surface area contributed by atoms with Crippen molar-refractivity contribution in [2.45, 2.75) is 32.1 Å². The molecule has 1 aliphatic heterocycles. The van der Waals surface area contributed by atoms with Gasteiger partial charge in [-0.2, -0.15) is 0 Å². The molecule has 0 atom stereocenters. The fourth-order valence-corrected chi connectivity index (χ4v) is 3.03. The number of hydrogen-bond donors (Lipinski definition) is 1. The molecule has 1 aliphatic rings. The molecule has 1 aromatic carbocycles. The van der Waals surface area contributed by atoms with E-state index in [4.69, 9.17) is 0 Å². The highest BCUT2D eigenvalue weighted by Crippen LogP contribution is 2.15. The lowest BCUT2D eigenvalue weighted by atomic mass is 10.1. The van der Waals surface area contributed by atoms with Crippen molar-refractivity contribution in [3.05, 3.63) is 42.1 Å². The molecule has 0 aliphatic carbocycles. The number of carbonyl (C=O) groups excluding carboxylic acids is 2. The highest BCUT2D eigenvalue weighted by Gasteiger charge is 2.16. The molecular weight excluding hydrogens is 302 g/mol. The van der Waals surface area contributed by atoms with E-state index < -0.39 is 0 Å². The molecule has 24 heavy (non-hydrogen) atoms. The topological polar surface area (TPSA) is 62.3 Å². The van der Waals surface area contributed by atoms with Crippen molar-refractivity contribution in [3.8, 4) is 0 Å². The van der Waals surface area contributed by atoms with Gasteiger partial charge in [0.25, 0.3) is 0 Å². The maximum atomic E-state index is 12.6. The van der Waals surface area contributed by atoms with Crippen LogP contribution in [0.2, 0.25) is 0 Å². The Morgan fingerprint density at radius 2 is 2.08 bits per heavy atom. The summed E-state index contributed by atoms with van der Waals surface area (Å²) in [7, 11) is 0. The quantitative estimate of drug-likeness (QED) is 0.921. The molecule has 0 unspecified atom stereocenters. The number of aromatic nitrogens is 1. The summed E-state index contributed by atoms with van der Waals surface area (Å²) in [4.78, 5) is 30.5. The van der Waals surface area contributed by atoms with E-state index in [1.807, 2.05) is 35.2 Å². The number of pyridine rings is 1. The number of nitrogens with zero attached hydrogens (tertiary/aromatic N) is 2. The zero-order valence-corrected chi connectivity index (χ0v) is 13.8. The SMILES string of the molecule is O=C1CCN(C(=O)Cc2ccc3cccnc3c2)CCCCCN1. The average molecular weight is 325 g/mol. The number of benzene rings is 1. The Bertz CT molecular complexity index is 729. The second kappa shape index (κ2) is 7.90. The maximum Gasteiger partial charge on any atom is 0.227 e. The fourth-order valence-electron chi connectivity index (χ4n) is 3.03. The molecule has 2 aromatic rings. The van der Waals surface area contributed by atoms with Crippen LogP contribution in [-0.2, 0) is 16.0 Å². The lowest BCUT2D eigenvalue weighted by Gasteiger charge is -2.24. The van der Waals surface area contributed by atoms with E-state index in [0.717, 1.165) is 48.8 Å². The molecule has 2 amide bonds. The number of amides is 2. The molecule has 0 saturated carbocycles. The van der Waals surface area contributed by atoms with E-state index in [0.29, 0.717) is 19.4 Å². The Hall–Kier alpha value is -2.43. The van der Waals surface area contributed by atoms with Crippen molar-refractivity contribution in [1.29, 1.82) is 0 Å². The van der Waals surface area contributed by atoms with Crippen LogP contribution in [-0.4, -0.2) is 41.3 Å². The molecular formula is C19H23N3O2. The van der Waals surface area contributed by atoms with Gasteiger partial charge in [-0.3, -0.25) is 14.6 Å². The van der Waals surface area contributed by atoms with Crippen molar-refractivity contribution in [3.63, 3.8) is 0 Å². The Labute approximate surface area is 142 Å². The zero-order valence-electron chi connectivity index (χ0n) is 13.8. The van der Waals surface area contributed by atoms with Crippen LogP contribution in [0.3, 0.4) is 0 Å². The number of fused-ring (bicyclic) bond motifs is 1. The Kier molecular flexibility index (Phi) is 5.41. The minimum atomic E-state index is 0.0320. The third kappa shape index (κ3) is 4.31. The summed E-state index contributed by atoms with van der Waals surface area (Å²) in [5.41, 5.74) is 1.87. The number of nitrogens with one attached hydrogen (secondary N) is 1. The van der Waals surface area contributed by atoms with Crippen molar-refractivity contribution < 1.29 is 9.59 Å². The van der Waals surface area contributed by atoms with Crippen LogP contribution in [0.1, 0.15) is 31.2 Å². The highest BCUT2D eigenvalue weighted by molar-refractivity contribution is 5.83.